The van der Waals surface area contributed by atoms with Gasteiger partial charge in [-0.25, -0.2) is 8.42 Å². The number of nitrogens with zero attached hydrogens (tertiary/aromatic N) is 1. The first-order valence-electron chi connectivity index (χ1n) is 9.18. The summed E-state index contributed by atoms with van der Waals surface area (Å²) in [4.78, 5) is 12.3. The molecule has 0 aliphatic heterocycles. The van der Waals surface area contributed by atoms with Crippen LogP contribution in [0.15, 0.2) is 53.4 Å². The summed E-state index contributed by atoms with van der Waals surface area (Å²) in [6.45, 7) is 3.61. The third-order valence-corrected chi connectivity index (χ3v) is 5.72. The lowest BCUT2D eigenvalue weighted by atomic mass is 10.0. The maximum atomic E-state index is 12.8. The molecule has 0 fully saturated rings. The molecule has 0 heterocycles. The van der Waals surface area contributed by atoms with E-state index < -0.39 is 22.0 Å². The summed E-state index contributed by atoms with van der Waals surface area (Å²) in [6, 6.07) is 14.7. The Bertz CT molecular complexity index is 980. The second-order valence-electron chi connectivity index (χ2n) is 6.94. The van der Waals surface area contributed by atoms with Crippen LogP contribution in [0.1, 0.15) is 20.3 Å². The van der Waals surface area contributed by atoms with E-state index in [1.54, 1.807) is 19.2 Å². The average molecular weight is 416 g/mol. The fourth-order valence-electron chi connectivity index (χ4n) is 2.81. The molecule has 0 aliphatic rings. The van der Waals surface area contributed by atoms with Crippen molar-refractivity contribution < 1.29 is 17.9 Å². The van der Waals surface area contributed by atoms with E-state index in [1.165, 1.54) is 12.1 Å². The first-order chi connectivity index (χ1) is 13.8. The number of ether oxygens (including phenoxy) is 1. The predicted octanol–water partition coefficient (Wildman–Crippen LogP) is 2.69. The van der Waals surface area contributed by atoms with E-state index in [2.05, 4.69) is 10.0 Å². The van der Waals surface area contributed by atoms with Crippen LogP contribution < -0.4 is 14.8 Å². The second-order valence-corrected chi connectivity index (χ2v) is 8.65. The molecule has 2 N–H and O–H groups in total. The number of carbonyl (C=O) groups excluding carboxylic acids is 1. The normalized spacial score (nSPS) is 12.2. The van der Waals surface area contributed by atoms with Gasteiger partial charge in [0, 0.05) is 0 Å². The molecule has 1 atom stereocenters. The van der Waals surface area contributed by atoms with Gasteiger partial charge >= 0.3 is 0 Å². The lowest BCUT2D eigenvalue weighted by molar-refractivity contribution is -0.122. The minimum absolute atomic E-state index is 0.0611. The molecule has 154 valence electrons. The maximum absolute atomic E-state index is 12.8. The van der Waals surface area contributed by atoms with Gasteiger partial charge in [-0.1, -0.05) is 38.1 Å². The fourth-order valence-corrected chi connectivity index (χ4v) is 4.02. The molecule has 0 radical (unpaired) electrons. The number of sulfonamides is 1. The molecule has 2 rings (SSSR count). The van der Waals surface area contributed by atoms with E-state index >= 15 is 0 Å². The summed E-state index contributed by atoms with van der Waals surface area (Å²) in [5.41, 5.74) is 1.74. The van der Waals surface area contributed by atoms with Crippen molar-refractivity contribution in [3.63, 3.8) is 0 Å². The van der Waals surface area contributed by atoms with E-state index in [9.17, 15) is 13.2 Å². The van der Waals surface area contributed by atoms with Gasteiger partial charge in [-0.15, -0.1) is 0 Å². The monoisotopic (exact) mass is 415 g/mol. The van der Waals surface area contributed by atoms with Crippen LogP contribution in [-0.2, 0) is 14.8 Å². The highest BCUT2D eigenvalue weighted by atomic mass is 32.2. The molecular weight excluding hydrogens is 390 g/mol. The summed E-state index contributed by atoms with van der Waals surface area (Å²) >= 11 is 0. The number of rotatable bonds is 9. The van der Waals surface area contributed by atoms with Crippen molar-refractivity contribution in [2.24, 2.45) is 5.92 Å². The standard InChI is InChI=1S/C21H25N3O4S/c1-15(2)13-20(21(25)23-12-11-22)24-29(26,27)19-9-7-16(8-10-19)17-5-4-6-18(14-17)28-3/h4-10,14-15,20,24H,12-13H2,1-3H3,(H,23,25)/t20-/m0/s1. The van der Waals surface area contributed by atoms with Crippen LogP contribution >= 0.6 is 0 Å². The summed E-state index contributed by atoms with van der Waals surface area (Å²) in [6.07, 6.45) is 0.318. The van der Waals surface area contributed by atoms with Crippen molar-refractivity contribution in [2.45, 2.75) is 31.2 Å². The summed E-state index contributed by atoms with van der Waals surface area (Å²) in [5, 5.41) is 11.0. The Morgan fingerprint density at radius 2 is 1.83 bits per heavy atom. The molecule has 0 unspecified atom stereocenters. The topological polar surface area (TPSA) is 108 Å². The van der Waals surface area contributed by atoms with Crippen molar-refractivity contribution in [2.75, 3.05) is 13.7 Å². The summed E-state index contributed by atoms with van der Waals surface area (Å²) in [7, 11) is -2.32. The van der Waals surface area contributed by atoms with Gasteiger partial charge in [0.2, 0.25) is 15.9 Å². The van der Waals surface area contributed by atoms with Crippen molar-refractivity contribution in [1.29, 1.82) is 5.26 Å². The van der Waals surface area contributed by atoms with Gasteiger partial charge in [-0.2, -0.15) is 9.98 Å². The van der Waals surface area contributed by atoms with Gasteiger partial charge in [-0.05, 0) is 47.7 Å². The number of hydrogen-bond acceptors (Lipinski definition) is 5. The molecule has 0 saturated heterocycles. The molecule has 0 aliphatic carbocycles. The Kier molecular flexibility index (Phi) is 7.76. The number of nitrogens with one attached hydrogen (secondary N) is 2. The van der Waals surface area contributed by atoms with Crippen molar-refractivity contribution in [1.82, 2.24) is 10.0 Å². The van der Waals surface area contributed by atoms with Gasteiger partial charge in [0.05, 0.1) is 18.1 Å². The second kappa shape index (κ2) is 10.0. The zero-order chi connectivity index (χ0) is 21.4. The van der Waals surface area contributed by atoms with Crippen LogP contribution in [0, 0.1) is 17.2 Å². The van der Waals surface area contributed by atoms with Crippen molar-refractivity contribution in [3.05, 3.63) is 48.5 Å². The molecule has 7 nitrogen and oxygen atoms in total. The zero-order valence-corrected chi connectivity index (χ0v) is 17.5. The van der Waals surface area contributed by atoms with Crippen LogP contribution in [0.5, 0.6) is 5.75 Å². The van der Waals surface area contributed by atoms with Gasteiger partial charge in [0.15, 0.2) is 0 Å². The Morgan fingerprint density at radius 1 is 1.14 bits per heavy atom. The molecule has 0 saturated carbocycles. The van der Waals surface area contributed by atoms with Crippen LogP contribution in [0.2, 0.25) is 0 Å². The van der Waals surface area contributed by atoms with Crippen LogP contribution in [0.3, 0.4) is 0 Å². The summed E-state index contributed by atoms with van der Waals surface area (Å²) in [5.74, 6) is 0.281. The van der Waals surface area contributed by atoms with E-state index in [0.29, 0.717) is 12.2 Å². The minimum Gasteiger partial charge on any atom is -0.497 e. The highest BCUT2D eigenvalue weighted by Crippen LogP contribution is 2.25. The Morgan fingerprint density at radius 3 is 2.41 bits per heavy atom. The average Bonchev–Trinajstić information content (AvgIpc) is 2.71. The largest absolute Gasteiger partial charge is 0.497 e. The van der Waals surface area contributed by atoms with Crippen LogP contribution in [0.4, 0.5) is 0 Å². The third-order valence-electron chi connectivity index (χ3n) is 4.23. The Labute approximate surface area is 171 Å². The van der Waals surface area contributed by atoms with Gasteiger partial charge in [0.25, 0.3) is 0 Å². The zero-order valence-electron chi connectivity index (χ0n) is 16.7. The minimum atomic E-state index is -3.91. The smallest absolute Gasteiger partial charge is 0.241 e. The van der Waals surface area contributed by atoms with Gasteiger partial charge < -0.3 is 10.1 Å². The van der Waals surface area contributed by atoms with Crippen molar-refractivity contribution >= 4 is 15.9 Å². The molecule has 0 bridgehead atoms. The van der Waals surface area contributed by atoms with Crippen LogP contribution in [-0.4, -0.2) is 34.0 Å². The Balaban J connectivity index is 2.22. The highest BCUT2D eigenvalue weighted by molar-refractivity contribution is 7.89. The number of hydrogen-bond donors (Lipinski definition) is 2. The number of benzene rings is 2. The summed E-state index contributed by atoms with van der Waals surface area (Å²) < 4.78 is 33.2. The van der Waals surface area contributed by atoms with Crippen LogP contribution in [0.25, 0.3) is 11.1 Å². The molecule has 0 spiro atoms. The lowest BCUT2D eigenvalue weighted by Crippen LogP contribution is -2.47. The van der Waals surface area contributed by atoms with Gasteiger partial charge in [0.1, 0.15) is 18.3 Å². The van der Waals surface area contributed by atoms with E-state index in [4.69, 9.17) is 10.00 Å². The van der Waals surface area contributed by atoms with Gasteiger partial charge in [-0.3, -0.25) is 4.79 Å². The molecule has 8 heteroatoms. The number of nitriles is 1. The number of methoxy groups -OCH3 is 1. The molecule has 1 amide bonds. The molecule has 29 heavy (non-hydrogen) atoms. The molecular formula is C21H25N3O4S. The SMILES string of the molecule is COc1cccc(-c2ccc(S(=O)(=O)N[C@@H](CC(C)C)C(=O)NCC#N)cc2)c1. The van der Waals surface area contributed by atoms with Crippen molar-refractivity contribution in [3.8, 4) is 22.9 Å². The van der Waals surface area contributed by atoms with E-state index in [1.807, 2.05) is 44.2 Å². The van der Waals surface area contributed by atoms with E-state index in [-0.39, 0.29) is 17.4 Å². The quantitative estimate of drug-likeness (QED) is 0.612. The lowest BCUT2D eigenvalue weighted by Gasteiger charge is -2.19. The van der Waals surface area contributed by atoms with E-state index in [0.717, 1.165) is 11.1 Å². The first-order valence-corrected chi connectivity index (χ1v) is 10.7. The molecule has 2 aromatic carbocycles. The highest BCUT2D eigenvalue weighted by Gasteiger charge is 2.26. The molecule has 2 aromatic rings. The maximum Gasteiger partial charge on any atom is 0.241 e. The number of amides is 1. The fraction of sp³-hybridized carbons (Fsp3) is 0.333. The third kappa shape index (κ3) is 6.31. The molecule has 0 aromatic heterocycles. The predicted molar refractivity (Wildman–Crippen MR) is 111 cm³/mol. The first kappa shape index (κ1) is 22.4. The number of carbonyl (C=O) groups is 1. The Hall–Kier alpha value is -2.89.